The molecule has 0 unspecified atom stereocenters. The van der Waals surface area contributed by atoms with Crippen molar-refractivity contribution in [2.75, 3.05) is 18.4 Å². The van der Waals surface area contributed by atoms with Gasteiger partial charge in [0.2, 0.25) is 5.91 Å². The summed E-state index contributed by atoms with van der Waals surface area (Å²) in [6, 6.07) is 7.27. The molecule has 0 saturated carbocycles. The summed E-state index contributed by atoms with van der Waals surface area (Å²) < 4.78 is 0. The molecule has 1 amide bonds. The van der Waals surface area contributed by atoms with Crippen molar-refractivity contribution in [3.63, 3.8) is 0 Å². The van der Waals surface area contributed by atoms with Crippen LogP contribution in [0.25, 0.3) is 0 Å². The molecule has 1 aromatic carbocycles. The number of hydrogen-bond donors (Lipinski definition) is 2. The summed E-state index contributed by atoms with van der Waals surface area (Å²) in [6.07, 6.45) is 0.899. The highest BCUT2D eigenvalue weighted by Crippen LogP contribution is 2.21. The van der Waals surface area contributed by atoms with E-state index in [9.17, 15) is 4.79 Å². The molecule has 1 saturated heterocycles. The second-order valence-electron chi connectivity index (χ2n) is 3.66. The van der Waals surface area contributed by atoms with E-state index in [1.165, 1.54) is 0 Å². The normalized spacial score (nSPS) is 20.2. The molecule has 0 aliphatic carbocycles. The minimum absolute atomic E-state index is 0.0492. The van der Waals surface area contributed by atoms with E-state index in [0.29, 0.717) is 10.7 Å². The van der Waals surface area contributed by atoms with Gasteiger partial charge in [-0.1, -0.05) is 23.7 Å². The lowest BCUT2D eigenvalue weighted by atomic mass is 10.1. The zero-order chi connectivity index (χ0) is 10.7. The number of anilines is 1. The predicted molar refractivity (Wildman–Crippen MR) is 61.1 cm³/mol. The van der Waals surface area contributed by atoms with Crippen LogP contribution in [-0.2, 0) is 4.79 Å². The third-order valence-electron chi connectivity index (χ3n) is 2.56. The van der Waals surface area contributed by atoms with Gasteiger partial charge in [-0.2, -0.15) is 0 Å². The number of carbonyl (C=O) groups is 1. The molecular formula is C11H13ClN2O. The number of rotatable bonds is 2. The summed E-state index contributed by atoms with van der Waals surface area (Å²) in [6.45, 7) is 1.68. The number of halogens is 1. The van der Waals surface area contributed by atoms with Crippen LogP contribution in [0.15, 0.2) is 24.3 Å². The van der Waals surface area contributed by atoms with Crippen LogP contribution >= 0.6 is 11.6 Å². The first-order valence-electron chi connectivity index (χ1n) is 5.03. The van der Waals surface area contributed by atoms with Crippen LogP contribution in [0.1, 0.15) is 6.42 Å². The average Bonchev–Trinajstić information content (AvgIpc) is 2.74. The van der Waals surface area contributed by atoms with Crippen molar-refractivity contribution < 1.29 is 4.79 Å². The van der Waals surface area contributed by atoms with Crippen molar-refractivity contribution in [2.45, 2.75) is 6.42 Å². The lowest BCUT2D eigenvalue weighted by molar-refractivity contribution is -0.119. The summed E-state index contributed by atoms with van der Waals surface area (Å²) in [7, 11) is 0. The maximum Gasteiger partial charge on any atom is 0.228 e. The van der Waals surface area contributed by atoms with E-state index in [2.05, 4.69) is 10.6 Å². The van der Waals surface area contributed by atoms with Crippen LogP contribution in [0.3, 0.4) is 0 Å². The fourth-order valence-corrected chi connectivity index (χ4v) is 1.86. The number of para-hydroxylation sites is 1. The summed E-state index contributed by atoms with van der Waals surface area (Å²) in [5.74, 6) is 0.120. The van der Waals surface area contributed by atoms with Crippen molar-refractivity contribution in [1.82, 2.24) is 5.32 Å². The van der Waals surface area contributed by atoms with E-state index in [-0.39, 0.29) is 11.8 Å². The molecule has 2 rings (SSSR count). The van der Waals surface area contributed by atoms with Gasteiger partial charge in [0.25, 0.3) is 0 Å². The molecule has 2 N–H and O–H groups in total. The first-order chi connectivity index (χ1) is 7.27. The molecule has 1 fully saturated rings. The Hall–Kier alpha value is -1.06. The number of hydrogen-bond acceptors (Lipinski definition) is 2. The van der Waals surface area contributed by atoms with Crippen LogP contribution in [-0.4, -0.2) is 19.0 Å². The summed E-state index contributed by atoms with van der Waals surface area (Å²) in [5.41, 5.74) is 0.691. The van der Waals surface area contributed by atoms with Crippen LogP contribution in [0.4, 0.5) is 5.69 Å². The minimum atomic E-state index is 0.0492. The maximum atomic E-state index is 11.8. The lowest BCUT2D eigenvalue weighted by Crippen LogP contribution is -2.24. The van der Waals surface area contributed by atoms with Gasteiger partial charge in [0, 0.05) is 6.54 Å². The Morgan fingerprint density at radius 2 is 2.27 bits per heavy atom. The van der Waals surface area contributed by atoms with Crippen LogP contribution in [0, 0.1) is 5.92 Å². The number of benzene rings is 1. The molecule has 80 valence electrons. The van der Waals surface area contributed by atoms with E-state index in [1.807, 2.05) is 18.2 Å². The number of amides is 1. The van der Waals surface area contributed by atoms with Gasteiger partial charge >= 0.3 is 0 Å². The first-order valence-corrected chi connectivity index (χ1v) is 5.41. The molecule has 0 bridgehead atoms. The fraction of sp³-hybridized carbons (Fsp3) is 0.364. The lowest BCUT2D eigenvalue weighted by Gasteiger charge is -2.10. The van der Waals surface area contributed by atoms with Gasteiger partial charge in [0.1, 0.15) is 0 Å². The molecule has 4 heteroatoms. The van der Waals surface area contributed by atoms with Crippen LogP contribution < -0.4 is 10.6 Å². The quantitative estimate of drug-likeness (QED) is 0.806. The maximum absolute atomic E-state index is 11.8. The molecule has 0 radical (unpaired) electrons. The van der Waals surface area contributed by atoms with Crippen molar-refractivity contribution in [3.05, 3.63) is 29.3 Å². The molecule has 1 aliphatic rings. The van der Waals surface area contributed by atoms with Gasteiger partial charge in [-0.25, -0.2) is 0 Å². The van der Waals surface area contributed by atoms with Crippen LogP contribution in [0.2, 0.25) is 5.02 Å². The minimum Gasteiger partial charge on any atom is -0.324 e. The monoisotopic (exact) mass is 224 g/mol. The molecule has 1 aromatic rings. The summed E-state index contributed by atoms with van der Waals surface area (Å²) in [5, 5.41) is 6.58. The molecule has 1 atom stereocenters. The summed E-state index contributed by atoms with van der Waals surface area (Å²) in [4.78, 5) is 11.8. The third-order valence-corrected chi connectivity index (χ3v) is 2.89. The Labute approximate surface area is 93.8 Å². The van der Waals surface area contributed by atoms with E-state index in [1.54, 1.807) is 6.07 Å². The molecule has 1 heterocycles. The van der Waals surface area contributed by atoms with Gasteiger partial charge in [-0.15, -0.1) is 0 Å². The Bertz CT molecular complexity index is 361. The molecule has 3 nitrogen and oxygen atoms in total. The standard InChI is InChI=1S/C11H13ClN2O/c12-9-3-1-2-4-10(9)14-11(15)8-5-6-13-7-8/h1-4,8,13H,5-7H2,(H,14,15)/t8-/m1/s1. The van der Waals surface area contributed by atoms with Crippen LogP contribution in [0.5, 0.6) is 0 Å². The van der Waals surface area contributed by atoms with Crippen molar-refractivity contribution in [3.8, 4) is 0 Å². The molecule has 0 spiro atoms. The molecular weight excluding hydrogens is 212 g/mol. The van der Waals surface area contributed by atoms with Crippen molar-refractivity contribution in [1.29, 1.82) is 0 Å². The highest BCUT2D eigenvalue weighted by atomic mass is 35.5. The zero-order valence-corrected chi connectivity index (χ0v) is 9.05. The topological polar surface area (TPSA) is 41.1 Å². The van der Waals surface area contributed by atoms with E-state index in [4.69, 9.17) is 11.6 Å². The Morgan fingerprint density at radius 3 is 2.93 bits per heavy atom. The van der Waals surface area contributed by atoms with Crippen molar-refractivity contribution >= 4 is 23.2 Å². The Kier molecular flexibility index (Phi) is 3.23. The van der Waals surface area contributed by atoms with Crippen molar-refractivity contribution in [2.24, 2.45) is 5.92 Å². The Morgan fingerprint density at radius 1 is 1.47 bits per heavy atom. The van der Waals surface area contributed by atoms with E-state index < -0.39 is 0 Å². The average molecular weight is 225 g/mol. The first kappa shape index (κ1) is 10.5. The smallest absolute Gasteiger partial charge is 0.228 e. The second-order valence-corrected chi connectivity index (χ2v) is 4.07. The number of carbonyl (C=O) groups excluding carboxylic acids is 1. The molecule has 0 aromatic heterocycles. The van der Waals surface area contributed by atoms with E-state index >= 15 is 0 Å². The zero-order valence-electron chi connectivity index (χ0n) is 8.29. The van der Waals surface area contributed by atoms with Gasteiger partial charge in [-0.3, -0.25) is 4.79 Å². The fourth-order valence-electron chi connectivity index (χ4n) is 1.68. The van der Waals surface area contributed by atoms with Gasteiger partial charge in [-0.05, 0) is 25.1 Å². The molecule has 15 heavy (non-hydrogen) atoms. The second kappa shape index (κ2) is 4.64. The van der Waals surface area contributed by atoms with E-state index in [0.717, 1.165) is 19.5 Å². The highest BCUT2D eigenvalue weighted by Gasteiger charge is 2.22. The SMILES string of the molecule is O=C(Nc1ccccc1Cl)[C@@H]1CCNC1. The molecule has 1 aliphatic heterocycles. The van der Waals surface area contributed by atoms with Gasteiger partial charge in [0.15, 0.2) is 0 Å². The van der Waals surface area contributed by atoms with Gasteiger partial charge in [0.05, 0.1) is 16.6 Å². The Balaban J connectivity index is 2.02. The largest absolute Gasteiger partial charge is 0.324 e. The highest BCUT2D eigenvalue weighted by molar-refractivity contribution is 6.33. The van der Waals surface area contributed by atoms with Gasteiger partial charge < -0.3 is 10.6 Å². The number of nitrogens with one attached hydrogen (secondary N) is 2. The summed E-state index contributed by atoms with van der Waals surface area (Å²) >= 11 is 5.94. The predicted octanol–water partition coefficient (Wildman–Crippen LogP) is 1.89. The third kappa shape index (κ3) is 2.49.